The highest BCUT2D eigenvalue weighted by Crippen LogP contribution is 2.25. The van der Waals surface area contributed by atoms with Crippen LogP contribution in [0.2, 0.25) is 0 Å². The zero-order valence-corrected chi connectivity index (χ0v) is 14.1. The summed E-state index contributed by atoms with van der Waals surface area (Å²) >= 11 is 0. The Labute approximate surface area is 141 Å². The molecule has 4 nitrogen and oxygen atoms in total. The third-order valence-electron chi connectivity index (χ3n) is 3.87. The van der Waals surface area contributed by atoms with Gasteiger partial charge in [0, 0.05) is 11.1 Å². The Morgan fingerprint density at radius 3 is 2.50 bits per heavy atom. The number of hydrogen-bond donors (Lipinski definition) is 0. The molecule has 4 heteroatoms. The molecule has 0 amide bonds. The topological polar surface area (TPSA) is 62.7 Å². The molecule has 0 radical (unpaired) electrons. The minimum atomic E-state index is 0.504. The second-order valence-corrected chi connectivity index (χ2v) is 6.36. The van der Waals surface area contributed by atoms with Gasteiger partial charge < -0.3 is 4.52 Å². The summed E-state index contributed by atoms with van der Waals surface area (Å²) in [5.41, 5.74) is 4.67. The van der Waals surface area contributed by atoms with Crippen LogP contribution >= 0.6 is 0 Å². The predicted octanol–water partition coefficient (Wildman–Crippen LogP) is 4.78. The van der Waals surface area contributed by atoms with Gasteiger partial charge in [0.1, 0.15) is 0 Å². The van der Waals surface area contributed by atoms with E-state index in [1.807, 2.05) is 31.2 Å². The maximum atomic E-state index is 8.95. The van der Waals surface area contributed by atoms with E-state index in [9.17, 15) is 0 Å². The molecule has 3 aromatic rings. The highest BCUT2D eigenvalue weighted by Gasteiger charge is 2.13. The molecule has 0 saturated carbocycles. The lowest BCUT2D eigenvalue weighted by atomic mass is 10.0. The SMILES string of the molecule is Cc1cc(C#N)ccc1-c1noc(-c2ccc(CC(C)C)cc2)n1. The molecule has 0 aliphatic carbocycles. The fourth-order valence-electron chi connectivity index (χ4n) is 2.69. The van der Waals surface area contributed by atoms with Crippen molar-refractivity contribution in [2.75, 3.05) is 0 Å². The van der Waals surface area contributed by atoms with E-state index in [1.54, 1.807) is 6.07 Å². The van der Waals surface area contributed by atoms with Gasteiger partial charge in [-0.2, -0.15) is 10.2 Å². The van der Waals surface area contributed by atoms with Gasteiger partial charge >= 0.3 is 0 Å². The second kappa shape index (κ2) is 6.67. The van der Waals surface area contributed by atoms with Gasteiger partial charge in [-0.15, -0.1) is 0 Å². The van der Waals surface area contributed by atoms with Gasteiger partial charge in [-0.1, -0.05) is 31.1 Å². The van der Waals surface area contributed by atoms with Crippen LogP contribution in [0.15, 0.2) is 47.0 Å². The van der Waals surface area contributed by atoms with E-state index in [-0.39, 0.29) is 0 Å². The molecule has 0 N–H and O–H groups in total. The maximum absolute atomic E-state index is 8.95. The average Bonchev–Trinajstić information content (AvgIpc) is 3.04. The van der Waals surface area contributed by atoms with Crippen molar-refractivity contribution in [2.45, 2.75) is 27.2 Å². The van der Waals surface area contributed by atoms with Crippen molar-refractivity contribution in [3.63, 3.8) is 0 Å². The van der Waals surface area contributed by atoms with Crippen molar-refractivity contribution >= 4 is 0 Å². The van der Waals surface area contributed by atoms with E-state index in [0.29, 0.717) is 23.2 Å². The summed E-state index contributed by atoms with van der Waals surface area (Å²) in [5.74, 6) is 1.67. The molecule has 0 atom stereocenters. The summed E-state index contributed by atoms with van der Waals surface area (Å²) in [6, 6.07) is 15.8. The smallest absolute Gasteiger partial charge is 0.258 e. The molecule has 0 unspecified atom stereocenters. The standard InChI is InChI=1S/C20H19N3O/c1-13(2)10-15-4-7-17(8-5-15)20-22-19(23-24-20)18-9-6-16(12-21)11-14(18)3/h4-9,11,13H,10H2,1-3H3. The Kier molecular flexibility index (Phi) is 4.43. The van der Waals surface area contributed by atoms with Crippen molar-refractivity contribution in [1.82, 2.24) is 10.1 Å². The van der Waals surface area contributed by atoms with Crippen LogP contribution in [0.25, 0.3) is 22.8 Å². The summed E-state index contributed by atoms with van der Waals surface area (Å²) in [4.78, 5) is 4.50. The fraction of sp³-hybridized carbons (Fsp3) is 0.250. The van der Waals surface area contributed by atoms with Gasteiger partial charge in [0.25, 0.3) is 5.89 Å². The van der Waals surface area contributed by atoms with Crippen LogP contribution in [0.5, 0.6) is 0 Å². The lowest BCUT2D eigenvalue weighted by molar-refractivity contribution is 0.432. The van der Waals surface area contributed by atoms with Crippen LogP contribution < -0.4 is 0 Å². The number of rotatable bonds is 4. The van der Waals surface area contributed by atoms with Crippen molar-refractivity contribution in [3.8, 4) is 28.9 Å². The van der Waals surface area contributed by atoms with Crippen molar-refractivity contribution in [3.05, 3.63) is 59.2 Å². The summed E-state index contributed by atoms with van der Waals surface area (Å²) in [7, 11) is 0. The number of benzene rings is 2. The minimum absolute atomic E-state index is 0.504. The van der Waals surface area contributed by atoms with Crippen LogP contribution in [-0.4, -0.2) is 10.1 Å². The largest absolute Gasteiger partial charge is 0.334 e. The first-order valence-electron chi connectivity index (χ1n) is 8.01. The molecule has 0 bridgehead atoms. The monoisotopic (exact) mass is 317 g/mol. The van der Waals surface area contributed by atoms with Gasteiger partial charge in [-0.3, -0.25) is 0 Å². The third-order valence-corrected chi connectivity index (χ3v) is 3.87. The van der Waals surface area contributed by atoms with E-state index >= 15 is 0 Å². The Morgan fingerprint density at radius 2 is 1.88 bits per heavy atom. The van der Waals surface area contributed by atoms with Crippen LogP contribution in [-0.2, 0) is 6.42 Å². The van der Waals surface area contributed by atoms with E-state index < -0.39 is 0 Å². The Bertz CT molecular complexity index is 886. The normalized spacial score (nSPS) is 10.8. The highest BCUT2D eigenvalue weighted by atomic mass is 16.5. The highest BCUT2D eigenvalue weighted by molar-refractivity contribution is 5.64. The lowest BCUT2D eigenvalue weighted by Gasteiger charge is -2.04. The first-order chi connectivity index (χ1) is 11.6. The van der Waals surface area contributed by atoms with Crippen LogP contribution in [0.4, 0.5) is 0 Å². The third kappa shape index (κ3) is 3.36. The van der Waals surface area contributed by atoms with E-state index in [4.69, 9.17) is 9.78 Å². The number of nitriles is 1. The molecule has 3 rings (SSSR count). The maximum Gasteiger partial charge on any atom is 0.258 e. The molecule has 0 aliphatic heterocycles. The van der Waals surface area contributed by atoms with Crippen LogP contribution in [0.3, 0.4) is 0 Å². The number of nitrogens with zero attached hydrogens (tertiary/aromatic N) is 3. The average molecular weight is 317 g/mol. The summed E-state index contributed by atoms with van der Waals surface area (Å²) in [6.45, 7) is 6.35. The molecule has 24 heavy (non-hydrogen) atoms. The van der Waals surface area contributed by atoms with Crippen molar-refractivity contribution in [1.29, 1.82) is 5.26 Å². The molecule has 1 heterocycles. The van der Waals surface area contributed by atoms with Gasteiger partial charge in [0.2, 0.25) is 5.82 Å². The van der Waals surface area contributed by atoms with Gasteiger partial charge in [0.05, 0.1) is 11.6 Å². The zero-order valence-electron chi connectivity index (χ0n) is 14.1. The molecular weight excluding hydrogens is 298 g/mol. The lowest BCUT2D eigenvalue weighted by Crippen LogP contribution is -1.93. The molecule has 0 fully saturated rings. The Balaban J connectivity index is 1.87. The van der Waals surface area contributed by atoms with Crippen molar-refractivity contribution in [2.24, 2.45) is 5.92 Å². The van der Waals surface area contributed by atoms with Gasteiger partial charge in [-0.05, 0) is 60.7 Å². The first-order valence-corrected chi connectivity index (χ1v) is 8.01. The van der Waals surface area contributed by atoms with Crippen LogP contribution in [0, 0.1) is 24.2 Å². The summed E-state index contributed by atoms with van der Waals surface area (Å²) in [6.07, 6.45) is 1.06. The molecule has 0 saturated heterocycles. The molecule has 1 aromatic heterocycles. The van der Waals surface area contributed by atoms with Gasteiger partial charge in [-0.25, -0.2) is 0 Å². The second-order valence-electron chi connectivity index (χ2n) is 6.36. The van der Waals surface area contributed by atoms with Crippen molar-refractivity contribution < 1.29 is 4.52 Å². The molecule has 0 spiro atoms. The van der Waals surface area contributed by atoms with Gasteiger partial charge in [0.15, 0.2) is 0 Å². The summed E-state index contributed by atoms with van der Waals surface area (Å²) < 4.78 is 5.41. The quantitative estimate of drug-likeness (QED) is 0.694. The summed E-state index contributed by atoms with van der Waals surface area (Å²) in [5, 5.41) is 13.0. The Morgan fingerprint density at radius 1 is 1.12 bits per heavy atom. The molecule has 0 aliphatic rings. The Hall–Kier alpha value is -2.93. The molecule has 120 valence electrons. The zero-order chi connectivity index (χ0) is 17.1. The first kappa shape index (κ1) is 15.9. The molecule has 2 aromatic carbocycles. The predicted molar refractivity (Wildman–Crippen MR) is 93.2 cm³/mol. The number of aryl methyl sites for hydroxylation is 1. The molecular formula is C20H19N3O. The minimum Gasteiger partial charge on any atom is -0.334 e. The number of hydrogen-bond acceptors (Lipinski definition) is 4. The number of aromatic nitrogens is 2. The van der Waals surface area contributed by atoms with Crippen LogP contribution in [0.1, 0.15) is 30.5 Å². The fourth-order valence-corrected chi connectivity index (χ4v) is 2.69. The van der Waals surface area contributed by atoms with E-state index in [1.165, 1.54) is 5.56 Å². The van der Waals surface area contributed by atoms with E-state index in [0.717, 1.165) is 23.1 Å². The van der Waals surface area contributed by atoms with E-state index in [2.05, 4.69) is 42.2 Å².